The topological polar surface area (TPSA) is 37.4 Å². The van der Waals surface area contributed by atoms with Gasteiger partial charge in [0.1, 0.15) is 0 Å². The molecule has 114 valence electrons. The van der Waals surface area contributed by atoms with Crippen molar-refractivity contribution in [2.45, 2.75) is 6.92 Å². The van der Waals surface area contributed by atoms with Crippen LogP contribution in [-0.4, -0.2) is 11.8 Å². The van der Waals surface area contributed by atoms with Gasteiger partial charge < -0.3 is 0 Å². The number of rotatable bonds is 2. The van der Waals surface area contributed by atoms with Crippen LogP contribution < -0.4 is 4.90 Å². The minimum Gasteiger partial charge on any atom is -0.274 e. The Morgan fingerprint density at radius 1 is 0.773 bits per heavy atom. The van der Waals surface area contributed by atoms with Crippen molar-refractivity contribution >= 4 is 63.9 Å². The van der Waals surface area contributed by atoms with E-state index in [-0.39, 0.29) is 11.3 Å². The Kier molecular flexibility index (Phi) is 5.35. The first-order valence-electron chi connectivity index (χ1n) is 6.05. The molecule has 7 heteroatoms. The van der Waals surface area contributed by atoms with Crippen LogP contribution in [0, 0.1) is 0 Å². The Balaban J connectivity index is 2.52. The summed E-state index contributed by atoms with van der Waals surface area (Å²) in [6.07, 6.45) is 0. The molecule has 2 aromatic rings. The molecular weight excluding hydrogens is 368 g/mol. The maximum absolute atomic E-state index is 12.6. The summed E-state index contributed by atoms with van der Waals surface area (Å²) in [5.41, 5.74) is 0.454. The summed E-state index contributed by atoms with van der Waals surface area (Å²) in [6.45, 7) is 1.26. The molecule has 3 nitrogen and oxygen atoms in total. The third kappa shape index (κ3) is 3.93. The zero-order valence-corrected chi connectivity index (χ0v) is 14.3. The fourth-order valence-electron chi connectivity index (χ4n) is 1.92. The van der Waals surface area contributed by atoms with Crippen LogP contribution in [0.4, 0.5) is 5.69 Å². The van der Waals surface area contributed by atoms with E-state index in [2.05, 4.69) is 0 Å². The fourth-order valence-corrected chi connectivity index (χ4v) is 2.96. The van der Waals surface area contributed by atoms with Gasteiger partial charge in [-0.1, -0.05) is 46.4 Å². The highest BCUT2D eigenvalue weighted by molar-refractivity contribution is 6.36. The predicted molar refractivity (Wildman–Crippen MR) is 90.4 cm³/mol. The van der Waals surface area contributed by atoms with Crippen LogP contribution in [0.3, 0.4) is 0 Å². The molecule has 2 aromatic carbocycles. The predicted octanol–water partition coefficient (Wildman–Crippen LogP) is 5.49. The largest absolute Gasteiger partial charge is 0.274 e. The first-order valence-corrected chi connectivity index (χ1v) is 7.56. The highest BCUT2D eigenvalue weighted by Crippen LogP contribution is 2.28. The SMILES string of the molecule is CC(=O)N(C(=O)c1cc(Cl)cc(Cl)c1)c1cc(Cl)cc(Cl)c1. The van der Waals surface area contributed by atoms with E-state index in [0.717, 1.165) is 4.90 Å². The van der Waals surface area contributed by atoms with Crippen molar-refractivity contribution in [2.24, 2.45) is 0 Å². The van der Waals surface area contributed by atoms with Gasteiger partial charge in [0, 0.05) is 32.6 Å². The van der Waals surface area contributed by atoms with Crippen molar-refractivity contribution in [3.8, 4) is 0 Å². The summed E-state index contributed by atoms with van der Waals surface area (Å²) >= 11 is 23.6. The van der Waals surface area contributed by atoms with Crippen LogP contribution in [0.5, 0.6) is 0 Å². The molecule has 2 rings (SSSR count). The molecule has 22 heavy (non-hydrogen) atoms. The minimum absolute atomic E-state index is 0.184. The molecule has 0 aliphatic heterocycles. The number of hydrogen-bond acceptors (Lipinski definition) is 2. The molecule has 2 amide bonds. The minimum atomic E-state index is -0.574. The van der Waals surface area contributed by atoms with Crippen LogP contribution in [0.15, 0.2) is 36.4 Å². The third-order valence-electron chi connectivity index (χ3n) is 2.73. The third-order valence-corrected chi connectivity index (χ3v) is 3.61. The van der Waals surface area contributed by atoms with Gasteiger partial charge in [-0.25, -0.2) is 4.90 Å². The average Bonchev–Trinajstić information content (AvgIpc) is 2.35. The molecule has 0 heterocycles. The number of carbonyl (C=O) groups excluding carboxylic acids is 2. The first kappa shape index (κ1) is 17.1. The lowest BCUT2D eigenvalue weighted by molar-refractivity contribution is -0.115. The quantitative estimate of drug-likeness (QED) is 0.694. The molecule has 0 radical (unpaired) electrons. The second-order valence-corrected chi connectivity index (χ2v) is 6.19. The second-order valence-electron chi connectivity index (χ2n) is 4.45. The normalized spacial score (nSPS) is 10.4. The van der Waals surface area contributed by atoms with E-state index in [1.54, 1.807) is 0 Å². The maximum Gasteiger partial charge on any atom is 0.265 e. The van der Waals surface area contributed by atoms with Crippen LogP contribution in [0.25, 0.3) is 0 Å². The molecule has 0 aliphatic carbocycles. The van der Waals surface area contributed by atoms with Gasteiger partial charge in [-0.15, -0.1) is 0 Å². The van der Waals surface area contributed by atoms with Crippen molar-refractivity contribution in [3.63, 3.8) is 0 Å². The zero-order valence-electron chi connectivity index (χ0n) is 11.2. The van der Waals surface area contributed by atoms with Crippen molar-refractivity contribution in [1.29, 1.82) is 0 Å². The number of hydrogen-bond donors (Lipinski definition) is 0. The molecule has 0 unspecified atom stereocenters. The summed E-state index contributed by atoms with van der Waals surface area (Å²) in [6, 6.07) is 8.80. The van der Waals surface area contributed by atoms with Gasteiger partial charge in [0.15, 0.2) is 0 Å². The number of nitrogens with zero attached hydrogens (tertiary/aromatic N) is 1. The molecule has 0 aromatic heterocycles. The van der Waals surface area contributed by atoms with Gasteiger partial charge in [0.2, 0.25) is 5.91 Å². The number of amides is 2. The lowest BCUT2D eigenvalue weighted by Gasteiger charge is -2.20. The van der Waals surface area contributed by atoms with Crippen molar-refractivity contribution < 1.29 is 9.59 Å². The first-order chi connectivity index (χ1) is 10.3. The molecular formula is C15H9Cl4NO2. The summed E-state index contributed by atoms with van der Waals surface area (Å²) < 4.78 is 0. The summed E-state index contributed by atoms with van der Waals surface area (Å²) in [4.78, 5) is 25.5. The standard InChI is InChI=1S/C15H9Cl4NO2/c1-8(21)20(14-6-12(18)5-13(19)7-14)15(22)9-2-10(16)4-11(17)3-9/h2-7H,1H3. The van der Waals surface area contributed by atoms with Gasteiger partial charge in [0.05, 0.1) is 5.69 Å². The van der Waals surface area contributed by atoms with E-state index in [1.165, 1.54) is 43.3 Å². The Labute approximate surface area is 147 Å². The lowest BCUT2D eigenvalue weighted by Crippen LogP contribution is -2.35. The zero-order chi connectivity index (χ0) is 16.4. The second kappa shape index (κ2) is 6.88. The number of carbonyl (C=O) groups is 2. The van der Waals surface area contributed by atoms with E-state index < -0.39 is 11.8 Å². The monoisotopic (exact) mass is 375 g/mol. The molecule has 0 atom stereocenters. The summed E-state index contributed by atoms with van der Waals surface area (Å²) in [7, 11) is 0. The Morgan fingerprint density at radius 2 is 1.18 bits per heavy atom. The maximum atomic E-state index is 12.6. The highest BCUT2D eigenvalue weighted by Gasteiger charge is 2.23. The van der Waals surface area contributed by atoms with E-state index in [1.807, 2.05) is 0 Å². The van der Waals surface area contributed by atoms with Crippen LogP contribution in [0.2, 0.25) is 20.1 Å². The lowest BCUT2D eigenvalue weighted by atomic mass is 10.1. The van der Waals surface area contributed by atoms with Gasteiger partial charge in [-0.05, 0) is 36.4 Å². The van der Waals surface area contributed by atoms with Gasteiger partial charge in [-0.2, -0.15) is 0 Å². The molecule has 0 saturated heterocycles. The number of imide groups is 1. The van der Waals surface area contributed by atoms with E-state index >= 15 is 0 Å². The van der Waals surface area contributed by atoms with Crippen molar-refractivity contribution in [1.82, 2.24) is 0 Å². The van der Waals surface area contributed by atoms with E-state index in [4.69, 9.17) is 46.4 Å². The van der Waals surface area contributed by atoms with Crippen molar-refractivity contribution in [2.75, 3.05) is 4.90 Å². The fraction of sp³-hybridized carbons (Fsp3) is 0.0667. The molecule has 0 spiro atoms. The molecule has 0 fully saturated rings. The van der Waals surface area contributed by atoms with Crippen LogP contribution in [0.1, 0.15) is 17.3 Å². The molecule has 0 saturated carbocycles. The van der Waals surface area contributed by atoms with Gasteiger partial charge in [-0.3, -0.25) is 9.59 Å². The van der Waals surface area contributed by atoms with E-state index in [9.17, 15) is 9.59 Å². The molecule has 0 aliphatic rings. The Morgan fingerprint density at radius 3 is 1.59 bits per heavy atom. The average molecular weight is 377 g/mol. The molecule has 0 bridgehead atoms. The van der Waals surface area contributed by atoms with Crippen LogP contribution in [-0.2, 0) is 4.79 Å². The number of anilines is 1. The number of halogens is 4. The highest BCUT2D eigenvalue weighted by atomic mass is 35.5. The summed E-state index contributed by atoms with van der Waals surface area (Å²) in [5.74, 6) is -1.06. The Bertz CT molecular complexity index is 721. The van der Waals surface area contributed by atoms with Crippen LogP contribution >= 0.6 is 46.4 Å². The summed E-state index contributed by atoms with van der Waals surface area (Å²) in [5, 5.41) is 1.21. The number of benzene rings is 2. The molecule has 0 N–H and O–H groups in total. The van der Waals surface area contributed by atoms with E-state index in [0.29, 0.717) is 20.1 Å². The van der Waals surface area contributed by atoms with Gasteiger partial charge >= 0.3 is 0 Å². The smallest absolute Gasteiger partial charge is 0.265 e. The van der Waals surface area contributed by atoms with Gasteiger partial charge in [0.25, 0.3) is 5.91 Å². The van der Waals surface area contributed by atoms with Crippen molar-refractivity contribution in [3.05, 3.63) is 62.1 Å². The Hall–Kier alpha value is -1.26.